The highest BCUT2D eigenvalue weighted by Gasteiger charge is 2.15. The van der Waals surface area contributed by atoms with Gasteiger partial charge in [-0.15, -0.1) is 0 Å². The summed E-state index contributed by atoms with van der Waals surface area (Å²) in [7, 11) is 0. The smallest absolute Gasteiger partial charge is 0.303 e. The molecule has 2 heterocycles. The largest absolute Gasteiger partial charge is 0.481 e. The van der Waals surface area contributed by atoms with E-state index in [-0.39, 0.29) is 6.42 Å². The summed E-state index contributed by atoms with van der Waals surface area (Å²) in [5, 5.41) is 8.57. The molecule has 2 rings (SSSR count). The lowest BCUT2D eigenvalue weighted by Crippen LogP contribution is -2.15. The Morgan fingerprint density at radius 3 is 3.19 bits per heavy atom. The average molecular weight is 222 g/mol. The topological polar surface area (TPSA) is 72.3 Å². The van der Waals surface area contributed by atoms with E-state index >= 15 is 0 Å². The van der Waals surface area contributed by atoms with Crippen molar-refractivity contribution < 1.29 is 14.6 Å². The number of ether oxygens (including phenoxy) is 1. The molecule has 0 aliphatic carbocycles. The van der Waals surface area contributed by atoms with Crippen LogP contribution in [0, 0.1) is 0 Å². The first-order chi connectivity index (χ1) is 7.77. The molecule has 1 aromatic rings. The number of aliphatic carboxylic acids is 1. The molecule has 0 saturated carbocycles. The fourth-order valence-electron chi connectivity index (χ4n) is 1.84. The number of carboxylic acid groups (broad SMARTS) is 1. The molecule has 1 aromatic heterocycles. The zero-order valence-electron chi connectivity index (χ0n) is 8.98. The number of hydrogen-bond donors (Lipinski definition) is 1. The first-order valence-electron chi connectivity index (χ1n) is 5.38. The van der Waals surface area contributed by atoms with E-state index in [4.69, 9.17) is 9.84 Å². The van der Waals surface area contributed by atoms with E-state index in [1.807, 2.05) is 0 Å². The van der Waals surface area contributed by atoms with Crippen molar-refractivity contribution in [2.24, 2.45) is 0 Å². The molecule has 16 heavy (non-hydrogen) atoms. The van der Waals surface area contributed by atoms with Crippen LogP contribution in [-0.2, 0) is 29.0 Å². The van der Waals surface area contributed by atoms with Gasteiger partial charge in [0.25, 0.3) is 0 Å². The van der Waals surface area contributed by atoms with E-state index in [0.29, 0.717) is 26.1 Å². The van der Waals surface area contributed by atoms with E-state index in [1.165, 1.54) is 0 Å². The number of carboxylic acids is 1. The lowest BCUT2D eigenvalue weighted by atomic mass is 10.0. The molecule has 0 atom stereocenters. The minimum Gasteiger partial charge on any atom is -0.481 e. The summed E-state index contributed by atoms with van der Waals surface area (Å²) < 4.78 is 5.37. The van der Waals surface area contributed by atoms with Crippen LogP contribution in [0.4, 0.5) is 0 Å². The van der Waals surface area contributed by atoms with Gasteiger partial charge in [-0.05, 0) is 12.8 Å². The van der Waals surface area contributed by atoms with Crippen LogP contribution in [0.25, 0.3) is 0 Å². The Labute approximate surface area is 93.5 Å². The van der Waals surface area contributed by atoms with Crippen LogP contribution < -0.4 is 0 Å². The Bertz CT molecular complexity index is 393. The van der Waals surface area contributed by atoms with Crippen LogP contribution in [0.2, 0.25) is 0 Å². The predicted molar refractivity (Wildman–Crippen MR) is 56.0 cm³/mol. The molecule has 5 heteroatoms. The van der Waals surface area contributed by atoms with Crippen LogP contribution in [0.1, 0.15) is 29.8 Å². The summed E-state index contributed by atoms with van der Waals surface area (Å²) in [6.45, 7) is 1.26. The van der Waals surface area contributed by atoms with E-state index in [1.54, 1.807) is 6.33 Å². The summed E-state index contributed by atoms with van der Waals surface area (Å²) >= 11 is 0. The molecule has 0 aromatic carbocycles. The molecule has 0 unspecified atom stereocenters. The zero-order chi connectivity index (χ0) is 11.4. The van der Waals surface area contributed by atoms with Crippen LogP contribution in [0.15, 0.2) is 6.33 Å². The Morgan fingerprint density at radius 1 is 1.50 bits per heavy atom. The third-order valence-corrected chi connectivity index (χ3v) is 2.66. The maximum absolute atomic E-state index is 10.4. The SMILES string of the molecule is O=C(O)CCCc1ncnc2c1COCC2. The van der Waals surface area contributed by atoms with Crippen LogP contribution >= 0.6 is 0 Å². The maximum Gasteiger partial charge on any atom is 0.303 e. The first-order valence-corrected chi connectivity index (χ1v) is 5.38. The minimum atomic E-state index is -0.765. The molecule has 0 amide bonds. The Hall–Kier alpha value is -1.49. The number of rotatable bonds is 4. The molecule has 0 radical (unpaired) electrons. The van der Waals surface area contributed by atoms with Crippen molar-refractivity contribution in [2.75, 3.05) is 6.61 Å². The fourth-order valence-corrected chi connectivity index (χ4v) is 1.84. The van der Waals surface area contributed by atoms with Gasteiger partial charge in [-0.1, -0.05) is 0 Å². The van der Waals surface area contributed by atoms with Gasteiger partial charge in [-0.25, -0.2) is 9.97 Å². The van der Waals surface area contributed by atoms with Crippen LogP contribution in [0.5, 0.6) is 0 Å². The van der Waals surface area contributed by atoms with Gasteiger partial charge in [0.05, 0.1) is 18.9 Å². The summed E-state index contributed by atoms with van der Waals surface area (Å²) in [5.74, 6) is -0.765. The summed E-state index contributed by atoms with van der Waals surface area (Å²) in [6.07, 6.45) is 3.85. The monoisotopic (exact) mass is 222 g/mol. The van der Waals surface area contributed by atoms with Gasteiger partial charge in [0.15, 0.2) is 0 Å². The van der Waals surface area contributed by atoms with E-state index in [0.717, 1.165) is 23.4 Å². The van der Waals surface area contributed by atoms with Gasteiger partial charge < -0.3 is 9.84 Å². The quantitative estimate of drug-likeness (QED) is 0.821. The second-order valence-corrected chi connectivity index (χ2v) is 3.80. The first kappa shape index (κ1) is 11.0. The van der Waals surface area contributed by atoms with Crippen molar-refractivity contribution in [3.63, 3.8) is 0 Å². The molecule has 1 aliphatic heterocycles. The number of nitrogens with zero attached hydrogens (tertiary/aromatic N) is 2. The molecular weight excluding hydrogens is 208 g/mol. The number of aromatic nitrogens is 2. The third-order valence-electron chi connectivity index (χ3n) is 2.66. The highest BCUT2D eigenvalue weighted by Crippen LogP contribution is 2.18. The van der Waals surface area contributed by atoms with Crippen LogP contribution in [-0.4, -0.2) is 27.7 Å². The standard InChI is InChI=1S/C11H14N2O3/c14-11(15)3-1-2-9-8-6-16-5-4-10(8)13-7-12-9/h7H,1-6H2,(H,14,15). The van der Waals surface area contributed by atoms with Crippen molar-refractivity contribution >= 4 is 5.97 Å². The second-order valence-electron chi connectivity index (χ2n) is 3.80. The van der Waals surface area contributed by atoms with Gasteiger partial charge in [0.2, 0.25) is 0 Å². The Balaban J connectivity index is 2.05. The fraction of sp³-hybridized carbons (Fsp3) is 0.545. The summed E-state index contributed by atoms with van der Waals surface area (Å²) in [6, 6.07) is 0. The lowest BCUT2D eigenvalue weighted by molar-refractivity contribution is -0.137. The molecule has 86 valence electrons. The summed E-state index contributed by atoms with van der Waals surface area (Å²) in [5.41, 5.74) is 3.04. The highest BCUT2D eigenvalue weighted by atomic mass is 16.5. The van der Waals surface area contributed by atoms with Gasteiger partial charge in [0, 0.05) is 24.1 Å². The second kappa shape index (κ2) is 5.03. The highest BCUT2D eigenvalue weighted by molar-refractivity contribution is 5.66. The number of aryl methyl sites for hydroxylation is 1. The van der Waals surface area contributed by atoms with Gasteiger partial charge >= 0.3 is 5.97 Å². The molecule has 1 aliphatic rings. The van der Waals surface area contributed by atoms with E-state index < -0.39 is 5.97 Å². The number of hydrogen-bond acceptors (Lipinski definition) is 4. The maximum atomic E-state index is 10.4. The molecule has 0 bridgehead atoms. The predicted octanol–water partition coefficient (Wildman–Crippen LogP) is 0.957. The van der Waals surface area contributed by atoms with Gasteiger partial charge in [0.1, 0.15) is 6.33 Å². The van der Waals surface area contributed by atoms with E-state index in [9.17, 15) is 4.79 Å². The molecular formula is C11H14N2O3. The van der Waals surface area contributed by atoms with Crippen LogP contribution in [0.3, 0.4) is 0 Å². The van der Waals surface area contributed by atoms with Gasteiger partial charge in [-0.2, -0.15) is 0 Å². The molecule has 0 spiro atoms. The van der Waals surface area contributed by atoms with Crippen molar-refractivity contribution in [1.82, 2.24) is 9.97 Å². The number of carbonyl (C=O) groups is 1. The molecule has 5 nitrogen and oxygen atoms in total. The third kappa shape index (κ3) is 2.55. The minimum absolute atomic E-state index is 0.180. The van der Waals surface area contributed by atoms with Crippen molar-refractivity contribution in [3.05, 3.63) is 23.3 Å². The average Bonchev–Trinajstić information content (AvgIpc) is 2.29. The van der Waals surface area contributed by atoms with Crippen molar-refractivity contribution in [1.29, 1.82) is 0 Å². The molecule has 0 fully saturated rings. The molecule has 0 saturated heterocycles. The Morgan fingerprint density at radius 2 is 2.38 bits per heavy atom. The number of fused-ring (bicyclic) bond motifs is 1. The Kier molecular flexibility index (Phi) is 3.46. The normalized spacial score (nSPS) is 14.5. The van der Waals surface area contributed by atoms with E-state index in [2.05, 4.69) is 9.97 Å². The zero-order valence-corrected chi connectivity index (χ0v) is 8.98. The van der Waals surface area contributed by atoms with Crippen molar-refractivity contribution in [3.8, 4) is 0 Å². The summed E-state index contributed by atoms with van der Waals surface area (Å²) in [4.78, 5) is 18.8. The molecule has 1 N–H and O–H groups in total. The lowest BCUT2D eigenvalue weighted by Gasteiger charge is -2.17. The van der Waals surface area contributed by atoms with Crippen molar-refractivity contribution in [2.45, 2.75) is 32.3 Å². The van der Waals surface area contributed by atoms with Gasteiger partial charge in [-0.3, -0.25) is 4.79 Å².